The molecule has 0 saturated carbocycles. The number of carbonyl (C=O) groups is 1. The van der Waals surface area contributed by atoms with E-state index in [1.807, 2.05) is 13.8 Å². The van der Waals surface area contributed by atoms with Crippen LogP contribution in [0.4, 0.5) is 11.4 Å². The smallest absolute Gasteiger partial charge is 0.335 e. The van der Waals surface area contributed by atoms with Gasteiger partial charge < -0.3 is 10.4 Å². The predicted octanol–water partition coefficient (Wildman–Crippen LogP) is 2.75. The van der Waals surface area contributed by atoms with E-state index < -0.39 is 10.9 Å². The van der Waals surface area contributed by atoms with Crippen molar-refractivity contribution in [3.8, 4) is 0 Å². The van der Waals surface area contributed by atoms with E-state index in [0.29, 0.717) is 12.5 Å². The van der Waals surface area contributed by atoms with Gasteiger partial charge in [0.05, 0.1) is 10.5 Å². The minimum Gasteiger partial charge on any atom is -0.478 e. The predicted molar refractivity (Wildman–Crippen MR) is 68.0 cm³/mol. The maximum atomic E-state index is 10.8. The van der Waals surface area contributed by atoms with Gasteiger partial charge >= 0.3 is 5.97 Å². The fourth-order valence-electron chi connectivity index (χ4n) is 1.40. The summed E-state index contributed by atoms with van der Waals surface area (Å²) in [6.07, 6.45) is 0.944. The zero-order valence-corrected chi connectivity index (χ0v) is 10.3. The van der Waals surface area contributed by atoms with Crippen LogP contribution in [0.1, 0.15) is 30.6 Å². The second kappa shape index (κ2) is 6.00. The maximum absolute atomic E-state index is 10.8. The molecule has 0 amide bonds. The Morgan fingerprint density at radius 3 is 2.72 bits per heavy atom. The maximum Gasteiger partial charge on any atom is 0.335 e. The molecule has 2 N–H and O–H groups in total. The van der Waals surface area contributed by atoms with Gasteiger partial charge in [0.15, 0.2) is 0 Å². The first-order chi connectivity index (χ1) is 8.45. The van der Waals surface area contributed by atoms with Crippen molar-refractivity contribution in [2.75, 3.05) is 11.9 Å². The average Bonchev–Trinajstić information content (AvgIpc) is 2.35. The van der Waals surface area contributed by atoms with E-state index in [1.165, 1.54) is 18.2 Å². The van der Waals surface area contributed by atoms with Gasteiger partial charge in [0.1, 0.15) is 5.69 Å². The second-order valence-corrected chi connectivity index (χ2v) is 4.19. The highest BCUT2D eigenvalue weighted by atomic mass is 16.6. The van der Waals surface area contributed by atoms with E-state index in [1.54, 1.807) is 0 Å². The Hall–Kier alpha value is -2.11. The highest BCUT2D eigenvalue weighted by Crippen LogP contribution is 2.25. The number of carboxylic acid groups (broad SMARTS) is 1. The van der Waals surface area contributed by atoms with Crippen LogP contribution in [-0.2, 0) is 0 Å². The van der Waals surface area contributed by atoms with Crippen molar-refractivity contribution >= 4 is 17.3 Å². The minimum absolute atomic E-state index is 0.0345. The topological polar surface area (TPSA) is 92.5 Å². The normalized spacial score (nSPS) is 11.9. The molecule has 1 aromatic rings. The summed E-state index contributed by atoms with van der Waals surface area (Å²) in [5.41, 5.74) is 0.177. The van der Waals surface area contributed by atoms with Crippen molar-refractivity contribution < 1.29 is 14.8 Å². The van der Waals surface area contributed by atoms with Gasteiger partial charge in [-0.15, -0.1) is 0 Å². The van der Waals surface area contributed by atoms with Crippen molar-refractivity contribution in [1.29, 1.82) is 0 Å². The van der Waals surface area contributed by atoms with E-state index in [4.69, 9.17) is 5.11 Å². The molecule has 1 atom stereocenters. The van der Waals surface area contributed by atoms with Gasteiger partial charge in [-0.2, -0.15) is 0 Å². The van der Waals surface area contributed by atoms with Gasteiger partial charge in [0.25, 0.3) is 5.69 Å². The lowest BCUT2D eigenvalue weighted by Gasteiger charge is -2.12. The first-order valence-corrected chi connectivity index (χ1v) is 5.71. The summed E-state index contributed by atoms with van der Waals surface area (Å²) in [5, 5.41) is 22.6. The molecule has 0 aliphatic carbocycles. The average molecular weight is 252 g/mol. The largest absolute Gasteiger partial charge is 0.478 e. The Bertz CT molecular complexity index is 459. The number of aromatic carboxylic acids is 1. The van der Waals surface area contributed by atoms with Crippen LogP contribution in [0.2, 0.25) is 0 Å². The number of carboxylic acids is 1. The number of hydrogen-bond donors (Lipinski definition) is 2. The van der Waals surface area contributed by atoms with Crippen LogP contribution >= 0.6 is 0 Å². The van der Waals surface area contributed by atoms with Gasteiger partial charge in [0.2, 0.25) is 0 Å². The monoisotopic (exact) mass is 252 g/mol. The molecule has 0 bridgehead atoms. The van der Waals surface area contributed by atoms with Gasteiger partial charge in [0, 0.05) is 12.6 Å². The van der Waals surface area contributed by atoms with Gasteiger partial charge in [-0.05, 0) is 18.1 Å². The quantitative estimate of drug-likeness (QED) is 0.599. The van der Waals surface area contributed by atoms with Crippen LogP contribution in [0.3, 0.4) is 0 Å². The Balaban J connectivity index is 3.00. The fraction of sp³-hybridized carbons (Fsp3) is 0.417. The van der Waals surface area contributed by atoms with E-state index in [0.717, 1.165) is 6.42 Å². The lowest BCUT2D eigenvalue weighted by Crippen LogP contribution is -2.12. The molecule has 0 fully saturated rings. The number of nitrogens with zero attached hydrogens (tertiary/aromatic N) is 1. The summed E-state index contributed by atoms with van der Waals surface area (Å²) in [6.45, 7) is 4.61. The summed E-state index contributed by atoms with van der Waals surface area (Å²) in [5.74, 6) is -0.741. The molecule has 98 valence electrons. The molecule has 6 heteroatoms. The standard InChI is InChI=1S/C12H16N2O4/c1-3-8(2)7-13-10-6-9(12(15)16)4-5-11(10)14(17)18/h4-6,8,13H,3,7H2,1-2H3,(H,15,16). The number of benzene rings is 1. The number of nitro benzene ring substituents is 1. The van der Waals surface area contributed by atoms with Gasteiger partial charge in [-0.3, -0.25) is 10.1 Å². The van der Waals surface area contributed by atoms with Crippen LogP contribution in [0.15, 0.2) is 18.2 Å². The SMILES string of the molecule is CCC(C)CNc1cc(C(=O)O)ccc1[N+](=O)[O-]. The number of hydrogen-bond acceptors (Lipinski definition) is 4. The summed E-state index contributed by atoms with van der Waals surface area (Å²) in [4.78, 5) is 21.1. The van der Waals surface area contributed by atoms with Crippen LogP contribution in [0.5, 0.6) is 0 Å². The number of nitro groups is 1. The molecular weight excluding hydrogens is 236 g/mol. The van der Waals surface area contributed by atoms with Crippen molar-refractivity contribution in [3.63, 3.8) is 0 Å². The van der Waals surface area contributed by atoms with Crippen LogP contribution in [-0.4, -0.2) is 22.5 Å². The Kier molecular flexibility index (Phi) is 4.65. The summed E-state index contributed by atoms with van der Waals surface area (Å²) in [6, 6.07) is 3.74. The molecule has 6 nitrogen and oxygen atoms in total. The Labute approximate surface area is 105 Å². The Morgan fingerprint density at radius 1 is 1.56 bits per heavy atom. The summed E-state index contributed by atoms with van der Waals surface area (Å²) < 4.78 is 0. The van der Waals surface area contributed by atoms with E-state index in [9.17, 15) is 14.9 Å². The molecule has 0 spiro atoms. The third kappa shape index (κ3) is 3.44. The minimum atomic E-state index is -1.10. The van der Waals surface area contributed by atoms with Crippen LogP contribution in [0, 0.1) is 16.0 Å². The van der Waals surface area contributed by atoms with E-state index in [2.05, 4.69) is 5.32 Å². The molecule has 0 radical (unpaired) electrons. The first-order valence-electron chi connectivity index (χ1n) is 5.71. The van der Waals surface area contributed by atoms with Crippen LogP contribution < -0.4 is 5.32 Å². The number of nitrogens with one attached hydrogen (secondary N) is 1. The third-order valence-corrected chi connectivity index (χ3v) is 2.78. The van der Waals surface area contributed by atoms with Crippen molar-refractivity contribution in [2.45, 2.75) is 20.3 Å². The third-order valence-electron chi connectivity index (χ3n) is 2.78. The molecule has 0 aromatic heterocycles. The lowest BCUT2D eigenvalue weighted by atomic mass is 10.1. The lowest BCUT2D eigenvalue weighted by molar-refractivity contribution is -0.384. The second-order valence-electron chi connectivity index (χ2n) is 4.19. The molecule has 18 heavy (non-hydrogen) atoms. The summed E-state index contributed by atoms with van der Waals surface area (Å²) in [7, 11) is 0. The molecule has 0 heterocycles. The zero-order valence-electron chi connectivity index (χ0n) is 10.3. The highest BCUT2D eigenvalue weighted by molar-refractivity contribution is 5.90. The fourth-order valence-corrected chi connectivity index (χ4v) is 1.40. The Morgan fingerprint density at radius 2 is 2.22 bits per heavy atom. The number of rotatable bonds is 6. The van der Waals surface area contributed by atoms with Gasteiger partial charge in [-0.25, -0.2) is 4.79 Å². The molecule has 0 aliphatic rings. The van der Waals surface area contributed by atoms with E-state index >= 15 is 0 Å². The first kappa shape index (κ1) is 14.0. The van der Waals surface area contributed by atoms with Crippen LogP contribution in [0.25, 0.3) is 0 Å². The van der Waals surface area contributed by atoms with Crippen molar-refractivity contribution in [3.05, 3.63) is 33.9 Å². The van der Waals surface area contributed by atoms with E-state index in [-0.39, 0.29) is 16.9 Å². The zero-order chi connectivity index (χ0) is 13.7. The molecule has 0 aliphatic heterocycles. The molecular formula is C12H16N2O4. The number of anilines is 1. The highest BCUT2D eigenvalue weighted by Gasteiger charge is 2.16. The molecule has 1 unspecified atom stereocenters. The van der Waals surface area contributed by atoms with Crippen molar-refractivity contribution in [2.24, 2.45) is 5.92 Å². The molecule has 0 saturated heterocycles. The summed E-state index contributed by atoms with van der Waals surface area (Å²) >= 11 is 0. The van der Waals surface area contributed by atoms with Crippen molar-refractivity contribution in [1.82, 2.24) is 0 Å². The molecule has 1 rings (SSSR count). The van der Waals surface area contributed by atoms with Gasteiger partial charge in [-0.1, -0.05) is 20.3 Å². The molecule has 1 aromatic carbocycles.